The second-order valence-electron chi connectivity index (χ2n) is 5.17. The molecule has 0 aliphatic rings. The van der Waals surface area contributed by atoms with Crippen molar-refractivity contribution >= 4 is 22.4 Å². The molecule has 0 radical (unpaired) electrons. The summed E-state index contributed by atoms with van der Waals surface area (Å²) in [4.78, 5) is 12.2. The minimum Gasteiger partial charge on any atom is -0.486 e. The zero-order valence-electron chi connectivity index (χ0n) is 13.6. The van der Waals surface area contributed by atoms with Crippen LogP contribution in [-0.4, -0.2) is 22.2 Å². The van der Waals surface area contributed by atoms with E-state index >= 15 is 0 Å². The van der Waals surface area contributed by atoms with Crippen molar-refractivity contribution in [2.24, 2.45) is 0 Å². The summed E-state index contributed by atoms with van der Waals surface area (Å²) in [6.07, 6.45) is -0.643. The molecule has 0 saturated heterocycles. The second kappa shape index (κ2) is 8.25. The number of amides is 1. The van der Waals surface area contributed by atoms with Gasteiger partial charge in [0, 0.05) is 0 Å². The number of ether oxygens (including phenoxy) is 2. The van der Waals surface area contributed by atoms with Gasteiger partial charge in [0.25, 0.3) is 5.91 Å². The molecule has 3 aromatic rings. The van der Waals surface area contributed by atoms with Crippen LogP contribution in [0.4, 0.5) is 5.13 Å². The van der Waals surface area contributed by atoms with Crippen LogP contribution in [0.25, 0.3) is 0 Å². The van der Waals surface area contributed by atoms with Gasteiger partial charge in [0.2, 0.25) is 5.13 Å². The number of aromatic nitrogens is 2. The van der Waals surface area contributed by atoms with Crippen molar-refractivity contribution in [1.29, 1.82) is 0 Å². The Bertz CT molecular complexity index is 809. The maximum absolute atomic E-state index is 12.2. The molecule has 1 atom stereocenters. The quantitative estimate of drug-likeness (QED) is 0.702. The first-order valence-corrected chi connectivity index (χ1v) is 8.55. The van der Waals surface area contributed by atoms with Gasteiger partial charge < -0.3 is 9.47 Å². The number of para-hydroxylation sites is 2. The maximum atomic E-state index is 12.2. The Morgan fingerprint density at radius 3 is 2.36 bits per heavy atom. The Morgan fingerprint density at radius 2 is 1.68 bits per heavy atom. The number of carbonyl (C=O) groups is 1. The van der Waals surface area contributed by atoms with E-state index in [1.165, 1.54) is 11.3 Å². The molecule has 0 bridgehead atoms. The van der Waals surface area contributed by atoms with Crippen LogP contribution in [0.1, 0.15) is 11.9 Å². The SMILES string of the molecule is C[C@H](Oc1ccccc1)C(=O)Nc1nnc(COc2ccccc2)s1. The van der Waals surface area contributed by atoms with Crippen LogP contribution in [-0.2, 0) is 11.4 Å². The van der Waals surface area contributed by atoms with E-state index in [-0.39, 0.29) is 5.91 Å². The predicted octanol–water partition coefficient (Wildman–Crippen LogP) is 3.52. The third kappa shape index (κ3) is 5.02. The molecule has 3 rings (SSSR count). The summed E-state index contributed by atoms with van der Waals surface area (Å²) in [5.41, 5.74) is 0. The van der Waals surface area contributed by atoms with Gasteiger partial charge in [-0.1, -0.05) is 47.7 Å². The van der Waals surface area contributed by atoms with Crippen LogP contribution in [0, 0.1) is 0 Å². The highest BCUT2D eigenvalue weighted by Crippen LogP contribution is 2.19. The van der Waals surface area contributed by atoms with Gasteiger partial charge in [-0.05, 0) is 31.2 Å². The number of benzene rings is 2. The van der Waals surface area contributed by atoms with E-state index in [1.807, 2.05) is 48.5 Å². The van der Waals surface area contributed by atoms with E-state index in [4.69, 9.17) is 9.47 Å². The average Bonchev–Trinajstić information content (AvgIpc) is 3.09. The third-order valence-corrected chi connectivity index (χ3v) is 4.04. The predicted molar refractivity (Wildman–Crippen MR) is 95.8 cm³/mol. The van der Waals surface area contributed by atoms with Crippen molar-refractivity contribution in [2.75, 3.05) is 5.32 Å². The van der Waals surface area contributed by atoms with Gasteiger partial charge in [0.05, 0.1) is 0 Å². The minimum absolute atomic E-state index is 0.282. The van der Waals surface area contributed by atoms with E-state index in [9.17, 15) is 4.79 Å². The fraction of sp³-hybridized carbons (Fsp3) is 0.167. The lowest BCUT2D eigenvalue weighted by Crippen LogP contribution is -2.30. The molecule has 25 heavy (non-hydrogen) atoms. The van der Waals surface area contributed by atoms with Crippen molar-refractivity contribution in [1.82, 2.24) is 10.2 Å². The maximum Gasteiger partial charge on any atom is 0.266 e. The lowest BCUT2D eigenvalue weighted by Gasteiger charge is -2.13. The highest BCUT2D eigenvalue weighted by Gasteiger charge is 2.17. The first kappa shape index (κ1) is 16.9. The summed E-state index contributed by atoms with van der Waals surface area (Å²) >= 11 is 1.27. The van der Waals surface area contributed by atoms with Gasteiger partial charge in [-0.3, -0.25) is 10.1 Å². The molecule has 128 valence electrons. The molecule has 6 nitrogen and oxygen atoms in total. The third-order valence-electron chi connectivity index (χ3n) is 3.23. The highest BCUT2D eigenvalue weighted by atomic mass is 32.1. The molecule has 1 heterocycles. The summed E-state index contributed by atoms with van der Waals surface area (Å²) in [5.74, 6) is 1.11. The average molecular weight is 355 g/mol. The summed E-state index contributed by atoms with van der Waals surface area (Å²) in [6.45, 7) is 1.98. The van der Waals surface area contributed by atoms with Crippen LogP contribution in [0.3, 0.4) is 0 Å². The molecule has 1 N–H and O–H groups in total. The fourth-order valence-corrected chi connectivity index (χ4v) is 2.64. The number of nitrogens with one attached hydrogen (secondary N) is 1. The van der Waals surface area contributed by atoms with E-state index < -0.39 is 6.10 Å². The van der Waals surface area contributed by atoms with Crippen LogP contribution in [0.2, 0.25) is 0 Å². The Morgan fingerprint density at radius 1 is 1.04 bits per heavy atom. The lowest BCUT2D eigenvalue weighted by atomic mass is 10.3. The molecular weight excluding hydrogens is 338 g/mol. The molecule has 1 amide bonds. The lowest BCUT2D eigenvalue weighted by molar-refractivity contribution is -0.122. The van der Waals surface area contributed by atoms with Crippen molar-refractivity contribution in [3.8, 4) is 11.5 Å². The topological polar surface area (TPSA) is 73.3 Å². The van der Waals surface area contributed by atoms with Crippen LogP contribution >= 0.6 is 11.3 Å². The highest BCUT2D eigenvalue weighted by molar-refractivity contribution is 7.15. The fourth-order valence-electron chi connectivity index (χ4n) is 1.99. The van der Waals surface area contributed by atoms with Crippen molar-refractivity contribution < 1.29 is 14.3 Å². The number of nitrogens with zero attached hydrogens (tertiary/aromatic N) is 2. The number of rotatable bonds is 7. The number of anilines is 1. The molecule has 0 fully saturated rings. The van der Waals surface area contributed by atoms with Gasteiger partial charge in [-0.15, -0.1) is 10.2 Å². The number of carbonyl (C=O) groups excluding carboxylic acids is 1. The molecule has 0 spiro atoms. The van der Waals surface area contributed by atoms with Crippen molar-refractivity contribution in [3.05, 3.63) is 65.7 Å². The van der Waals surface area contributed by atoms with Crippen molar-refractivity contribution in [2.45, 2.75) is 19.6 Å². The molecule has 7 heteroatoms. The zero-order valence-corrected chi connectivity index (χ0v) is 14.4. The van der Waals surface area contributed by atoms with Crippen LogP contribution in [0.5, 0.6) is 11.5 Å². The van der Waals surface area contributed by atoms with Gasteiger partial charge in [0.1, 0.15) is 18.1 Å². The summed E-state index contributed by atoms with van der Waals surface area (Å²) in [6, 6.07) is 18.6. The number of hydrogen-bond donors (Lipinski definition) is 1. The first-order valence-electron chi connectivity index (χ1n) is 7.73. The number of hydrogen-bond acceptors (Lipinski definition) is 6. The standard InChI is InChI=1S/C18H17N3O3S/c1-13(24-15-10-6-3-7-11-15)17(22)19-18-21-20-16(25-18)12-23-14-8-4-2-5-9-14/h2-11,13H,12H2,1H3,(H,19,21,22)/t13-/m0/s1. The van der Waals surface area contributed by atoms with E-state index in [0.717, 1.165) is 5.75 Å². The largest absolute Gasteiger partial charge is 0.486 e. The molecule has 1 aromatic heterocycles. The van der Waals surface area contributed by atoms with Crippen LogP contribution in [0.15, 0.2) is 60.7 Å². The molecule has 2 aromatic carbocycles. The van der Waals surface area contributed by atoms with Gasteiger partial charge >= 0.3 is 0 Å². The Kier molecular flexibility index (Phi) is 5.58. The summed E-state index contributed by atoms with van der Waals surface area (Å²) in [5, 5.41) is 11.8. The molecule has 0 unspecified atom stereocenters. The molecule has 0 aliphatic carbocycles. The monoisotopic (exact) mass is 355 g/mol. The molecule has 0 aliphatic heterocycles. The summed E-state index contributed by atoms with van der Waals surface area (Å²) in [7, 11) is 0. The first-order chi connectivity index (χ1) is 12.2. The van der Waals surface area contributed by atoms with E-state index in [1.54, 1.807) is 19.1 Å². The zero-order chi connectivity index (χ0) is 17.5. The van der Waals surface area contributed by atoms with Crippen molar-refractivity contribution in [3.63, 3.8) is 0 Å². The van der Waals surface area contributed by atoms with E-state index in [0.29, 0.717) is 22.5 Å². The smallest absolute Gasteiger partial charge is 0.266 e. The van der Waals surface area contributed by atoms with Gasteiger partial charge in [-0.25, -0.2) is 0 Å². The Labute approximate surface area is 149 Å². The molecule has 0 saturated carbocycles. The normalized spacial score (nSPS) is 11.6. The van der Waals surface area contributed by atoms with Gasteiger partial charge in [-0.2, -0.15) is 0 Å². The Balaban J connectivity index is 1.51. The summed E-state index contributed by atoms with van der Waals surface area (Å²) < 4.78 is 11.2. The second-order valence-corrected chi connectivity index (χ2v) is 6.23. The van der Waals surface area contributed by atoms with E-state index in [2.05, 4.69) is 15.5 Å². The van der Waals surface area contributed by atoms with Gasteiger partial charge in [0.15, 0.2) is 11.1 Å². The Hall–Kier alpha value is -2.93. The minimum atomic E-state index is -0.643. The van der Waals surface area contributed by atoms with Crippen LogP contribution < -0.4 is 14.8 Å². The molecular formula is C18H17N3O3S.